The van der Waals surface area contributed by atoms with Gasteiger partial charge in [-0.2, -0.15) is 0 Å². The first kappa shape index (κ1) is 19.6. The van der Waals surface area contributed by atoms with E-state index >= 15 is 0 Å². The van der Waals surface area contributed by atoms with Gasteiger partial charge >= 0.3 is 13.7 Å². The van der Waals surface area contributed by atoms with E-state index in [0.717, 1.165) is 0 Å². The Morgan fingerprint density at radius 3 is 2.17 bits per heavy atom. The van der Waals surface area contributed by atoms with Gasteiger partial charge in [-0.05, 0) is 31.4 Å². The lowest BCUT2D eigenvalue weighted by atomic mass is 9.99. The molecule has 1 unspecified atom stereocenters. The Bertz CT molecular complexity index is 577. The molecule has 1 aromatic rings. The normalized spacial score (nSPS) is 14.9. The molecule has 0 radical (unpaired) electrons. The molecule has 0 heterocycles. The van der Waals surface area contributed by atoms with E-state index in [9.17, 15) is 9.36 Å². The van der Waals surface area contributed by atoms with Crippen LogP contribution < -0.4 is 10.6 Å². The molecule has 0 amide bonds. The second-order valence-electron chi connectivity index (χ2n) is 6.97. The number of rotatable bonds is 6. The third kappa shape index (κ3) is 6.31. The smallest absolute Gasteiger partial charge is 0.378 e. The molecule has 3 N–H and O–H groups in total. The minimum Gasteiger partial charge on any atom is -0.378 e. The van der Waals surface area contributed by atoms with E-state index in [2.05, 4.69) is 4.52 Å². The van der Waals surface area contributed by atoms with Crippen LogP contribution >= 0.6 is 7.75 Å². The molecular weight excluding hydrogens is 319 g/mol. The van der Waals surface area contributed by atoms with Gasteiger partial charge in [-0.3, -0.25) is 4.84 Å². The van der Waals surface area contributed by atoms with Crippen LogP contribution in [0, 0.1) is 5.41 Å². The van der Waals surface area contributed by atoms with Crippen molar-refractivity contribution in [3.05, 3.63) is 30.3 Å². The number of anilines is 1. The van der Waals surface area contributed by atoms with Crippen molar-refractivity contribution in [2.24, 2.45) is 10.9 Å². The second-order valence-corrected chi connectivity index (χ2v) is 8.28. The van der Waals surface area contributed by atoms with E-state index in [1.54, 1.807) is 24.3 Å². The van der Waals surface area contributed by atoms with Gasteiger partial charge in [-0.25, -0.2) is 19.9 Å². The summed E-state index contributed by atoms with van der Waals surface area (Å²) in [6, 6.07) is 8.95. The number of hydrogen-bond acceptors (Lipinski definition) is 5. The second kappa shape index (κ2) is 7.01. The number of carbonyl (C=O) groups excluding carboxylic acids is 1. The van der Waals surface area contributed by atoms with Crippen molar-refractivity contribution in [2.75, 3.05) is 11.7 Å². The summed E-state index contributed by atoms with van der Waals surface area (Å²) in [4.78, 5) is 27.2. The van der Waals surface area contributed by atoms with E-state index in [4.69, 9.17) is 15.2 Å². The summed E-state index contributed by atoms with van der Waals surface area (Å²) in [5.41, 5.74) is 4.04. The molecule has 1 atom stereocenters. The number of nitrogens with two attached hydrogens (primary N) is 1. The number of benzene rings is 1. The van der Waals surface area contributed by atoms with E-state index in [0.29, 0.717) is 12.3 Å². The predicted molar refractivity (Wildman–Crippen MR) is 88.5 cm³/mol. The highest BCUT2D eigenvalue weighted by molar-refractivity contribution is 7.50. The highest BCUT2D eigenvalue weighted by atomic mass is 31.2. The average molecular weight is 344 g/mol. The lowest BCUT2D eigenvalue weighted by molar-refractivity contribution is -0.143. The Hall–Kier alpha value is -1.40. The van der Waals surface area contributed by atoms with Gasteiger partial charge in [0, 0.05) is 0 Å². The number of hydrogen-bond donors (Lipinski definition) is 2. The van der Waals surface area contributed by atoms with Crippen molar-refractivity contribution in [1.29, 1.82) is 0 Å². The zero-order chi connectivity index (χ0) is 17.9. The van der Waals surface area contributed by atoms with Crippen LogP contribution in [0.4, 0.5) is 5.69 Å². The van der Waals surface area contributed by atoms with Crippen LogP contribution in [0.5, 0.6) is 0 Å². The molecular formula is C15H25N2O5P. The van der Waals surface area contributed by atoms with Gasteiger partial charge in [0.25, 0.3) is 0 Å². The van der Waals surface area contributed by atoms with E-state index in [1.165, 1.54) is 18.9 Å². The summed E-state index contributed by atoms with van der Waals surface area (Å²) in [6.07, 6.45) is 0. The lowest BCUT2D eigenvalue weighted by Gasteiger charge is -2.38. The minimum atomic E-state index is -4.43. The fourth-order valence-corrected chi connectivity index (χ4v) is 2.15. The van der Waals surface area contributed by atoms with Crippen LogP contribution in [0.25, 0.3) is 0 Å². The fourth-order valence-electron chi connectivity index (χ4n) is 1.69. The van der Waals surface area contributed by atoms with E-state index < -0.39 is 19.3 Å². The summed E-state index contributed by atoms with van der Waals surface area (Å²) < 4.78 is 15.6. The minimum absolute atomic E-state index is 0.146. The molecule has 130 valence electrons. The van der Waals surface area contributed by atoms with Gasteiger partial charge in [0.2, 0.25) is 0 Å². The molecule has 1 aromatic carbocycles. The highest BCUT2D eigenvalue weighted by Gasteiger charge is 2.41. The van der Waals surface area contributed by atoms with Gasteiger partial charge in [0.15, 0.2) is 5.54 Å². The number of carbonyl (C=O) groups is 1. The molecule has 7 nitrogen and oxygen atoms in total. The monoisotopic (exact) mass is 344 g/mol. The van der Waals surface area contributed by atoms with Gasteiger partial charge in [-0.15, -0.1) is 0 Å². The van der Waals surface area contributed by atoms with Crippen molar-refractivity contribution >= 4 is 19.4 Å². The molecule has 0 spiro atoms. The summed E-state index contributed by atoms with van der Waals surface area (Å²) in [5, 5.41) is 1.37. The summed E-state index contributed by atoms with van der Waals surface area (Å²) in [5.74, 6) is -0.955. The van der Waals surface area contributed by atoms with Gasteiger partial charge < -0.3 is 9.42 Å². The van der Waals surface area contributed by atoms with Crippen molar-refractivity contribution in [3.63, 3.8) is 0 Å². The van der Waals surface area contributed by atoms with Crippen molar-refractivity contribution in [2.45, 2.75) is 40.2 Å². The average Bonchev–Trinajstić information content (AvgIpc) is 2.36. The molecule has 0 aliphatic heterocycles. The zero-order valence-corrected chi connectivity index (χ0v) is 15.0. The molecule has 0 bridgehead atoms. The van der Waals surface area contributed by atoms with Crippen LogP contribution in [-0.2, 0) is 18.7 Å². The van der Waals surface area contributed by atoms with Crippen LogP contribution in [0.2, 0.25) is 0 Å². The standard InChI is InChI=1S/C15H25N2O5P/c1-14(2,3)11-21-17(12-9-7-6-8-10-12)15(4,5)13(18)22-23(16,19)20/h6-10H,11H2,1-5H3,(H3,16,19,20). The SMILES string of the molecule is CC(C)(C)CON(c1ccccc1)C(C)(C)C(=O)OP(N)(=O)O. The molecule has 0 saturated carbocycles. The summed E-state index contributed by atoms with van der Waals surface area (Å²) in [6.45, 7) is 9.36. The van der Waals surface area contributed by atoms with Crippen molar-refractivity contribution in [3.8, 4) is 0 Å². The van der Waals surface area contributed by atoms with Crippen molar-refractivity contribution < 1.29 is 23.6 Å². The molecule has 1 rings (SSSR count). The molecule has 23 heavy (non-hydrogen) atoms. The predicted octanol–water partition coefficient (Wildman–Crippen LogP) is 2.85. The maximum atomic E-state index is 12.3. The first-order valence-corrected chi connectivity index (χ1v) is 8.81. The van der Waals surface area contributed by atoms with Crippen molar-refractivity contribution in [1.82, 2.24) is 0 Å². The topological polar surface area (TPSA) is 102 Å². The first-order valence-electron chi connectivity index (χ1n) is 7.16. The third-order valence-corrected chi connectivity index (χ3v) is 3.27. The number of nitrogens with zero attached hydrogens (tertiary/aromatic N) is 1. The summed E-state index contributed by atoms with van der Waals surface area (Å²) in [7, 11) is -4.43. The Balaban J connectivity index is 3.11. The van der Waals surface area contributed by atoms with Crippen LogP contribution in [-0.4, -0.2) is 23.0 Å². The zero-order valence-electron chi connectivity index (χ0n) is 14.1. The fraction of sp³-hybridized carbons (Fsp3) is 0.533. The van der Waals surface area contributed by atoms with E-state index in [1.807, 2.05) is 26.8 Å². The Kier molecular flexibility index (Phi) is 5.99. The Morgan fingerprint density at radius 2 is 1.74 bits per heavy atom. The first-order chi connectivity index (χ1) is 10.3. The van der Waals surface area contributed by atoms with E-state index in [-0.39, 0.29) is 5.41 Å². The molecule has 0 aromatic heterocycles. The number of hydroxylamine groups is 1. The lowest BCUT2D eigenvalue weighted by Crippen LogP contribution is -2.52. The van der Waals surface area contributed by atoms with Crippen LogP contribution in [0.1, 0.15) is 34.6 Å². The summed E-state index contributed by atoms with van der Waals surface area (Å²) >= 11 is 0. The third-order valence-electron chi connectivity index (χ3n) is 2.84. The molecule has 8 heteroatoms. The van der Waals surface area contributed by atoms with Gasteiger partial charge in [-0.1, -0.05) is 39.0 Å². The molecule has 0 fully saturated rings. The maximum Gasteiger partial charge on any atom is 0.455 e. The Morgan fingerprint density at radius 1 is 1.22 bits per heavy atom. The van der Waals surface area contributed by atoms with Crippen LogP contribution in [0.15, 0.2) is 30.3 Å². The highest BCUT2D eigenvalue weighted by Crippen LogP contribution is 2.36. The molecule has 0 saturated heterocycles. The number of para-hydroxylation sites is 1. The molecule has 0 aliphatic carbocycles. The Labute approximate surface area is 136 Å². The van der Waals surface area contributed by atoms with Crippen LogP contribution in [0.3, 0.4) is 0 Å². The van der Waals surface area contributed by atoms with Gasteiger partial charge in [0.05, 0.1) is 12.3 Å². The maximum absolute atomic E-state index is 12.3. The quantitative estimate of drug-likeness (QED) is 0.604. The van der Waals surface area contributed by atoms with Gasteiger partial charge in [0.1, 0.15) is 0 Å². The molecule has 0 aliphatic rings. The largest absolute Gasteiger partial charge is 0.455 e.